The Bertz CT molecular complexity index is 638. The highest BCUT2D eigenvalue weighted by atomic mass is 19.2. The highest BCUT2D eigenvalue weighted by molar-refractivity contribution is 5.30. The lowest BCUT2D eigenvalue weighted by molar-refractivity contribution is 0.221. The molecule has 29 heavy (non-hydrogen) atoms. The molecule has 0 bridgehead atoms. The third-order valence-electron chi connectivity index (χ3n) is 7.87. The number of rotatable bonds is 8. The summed E-state index contributed by atoms with van der Waals surface area (Å²) in [6.45, 7) is 3.57. The van der Waals surface area contributed by atoms with Crippen molar-refractivity contribution in [2.45, 2.75) is 110 Å². The van der Waals surface area contributed by atoms with Gasteiger partial charge in [-0.05, 0) is 67.9 Å². The zero-order valence-electron chi connectivity index (χ0n) is 18.4. The summed E-state index contributed by atoms with van der Waals surface area (Å²) in [6, 6.07) is 1.23. The molecule has 0 N–H and O–H groups in total. The fraction of sp³-hybridized carbons (Fsp3) is 0.769. The van der Waals surface area contributed by atoms with Crippen LogP contribution in [0.5, 0.6) is 0 Å². The van der Waals surface area contributed by atoms with Crippen molar-refractivity contribution in [3.8, 4) is 0 Å². The first-order valence-electron chi connectivity index (χ1n) is 12.1. The van der Waals surface area contributed by atoms with Gasteiger partial charge in [-0.1, -0.05) is 71.1 Å². The van der Waals surface area contributed by atoms with Gasteiger partial charge in [0.25, 0.3) is 0 Å². The van der Waals surface area contributed by atoms with Gasteiger partial charge in [0.05, 0.1) is 0 Å². The van der Waals surface area contributed by atoms with Gasteiger partial charge < -0.3 is 0 Å². The first-order valence-corrected chi connectivity index (χ1v) is 12.1. The molecule has 0 aliphatic heterocycles. The molecule has 3 rings (SSSR count). The van der Waals surface area contributed by atoms with Crippen LogP contribution in [0.4, 0.5) is 13.2 Å². The van der Waals surface area contributed by atoms with Crippen molar-refractivity contribution in [1.82, 2.24) is 0 Å². The van der Waals surface area contributed by atoms with E-state index in [2.05, 4.69) is 6.92 Å². The van der Waals surface area contributed by atoms with Crippen molar-refractivity contribution in [2.24, 2.45) is 17.8 Å². The number of halogens is 3. The summed E-state index contributed by atoms with van der Waals surface area (Å²) >= 11 is 0. The van der Waals surface area contributed by atoms with E-state index in [-0.39, 0.29) is 17.0 Å². The minimum absolute atomic E-state index is 0.0330. The summed E-state index contributed by atoms with van der Waals surface area (Å²) < 4.78 is 42.1. The summed E-state index contributed by atoms with van der Waals surface area (Å²) in [7, 11) is 0. The van der Waals surface area contributed by atoms with E-state index in [0.717, 1.165) is 37.5 Å². The topological polar surface area (TPSA) is 0 Å². The smallest absolute Gasteiger partial charge is 0.164 e. The lowest BCUT2D eigenvalue weighted by Gasteiger charge is -2.32. The summed E-state index contributed by atoms with van der Waals surface area (Å²) in [5.41, 5.74) is 0.0467. The molecule has 2 aliphatic rings. The van der Waals surface area contributed by atoms with Crippen LogP contribution >= 0.6 is 0 Å². The van der Waals surface area contributed by atoms with E-state index < -0.39 is 17.5 Å². The van der Waals surface area contributed by atoms with Crippen LogP contribution in [0.15, 0.2) is 6.07 Å². The third-order valence-corrected chi connectivity index (χ3v) is 7.87. The Balaban J connectivity index is 1.39. The van der Waals surface area contributed by atoms with Gasteiger partial charge in [0.15, 0.2) is 11.6 Å². The van der Waals surface area contributed by atoms with E-state index in [1.54, 1.807) is 0 Å². The van der Waals surface area contributed by atoms with Crippen LogP contribution in [0.3, 0.4) is 0 Å². The monoisotopic (exact) mass is 408 g/mol. The minimum Gasteiger partial charge on any atom is -0.207 e. The number of hydrogen-bond acceptors (Lipinski definition) is 0. The average molecular weight is 409 g/mol. The van der Waals surface area contributed by atoms with Crippen molar-refractivity contribution >= 4 is 0 Å². The Morgan fingerprint density at radius 2 is 1.24 bits per heavy atom. The molecule has 3 heteroatoms. The zero-order valence-corrected chi connectivity index (χ0v) is 18.4. The fourth-order valence-electron chi connectivity index (χ4n) is 5.73. The predicted molar refractivity (Wildman–Crippen MR) is 115 cm³/mol. The molecule has 0 nitrogen and oxygen atoms in total. The van der Waals surface area contributed by atoms with Gasteiger partial charge in [0, 0.05) is 5.56 Å². The molecule has 2 aliphatic carbocycles. The average Bonchev–Trinajstić information content (AvgIpc) is 2.75. The largest absolute Gasteiger partial charge is 0.207 e. The quantitative estimate of drug-likeness (QED) is 0.298. The molecule has 1 aromatic carbocycles. The SMILES string of the molecule is CCCCCC1CCC(CCC2CCC(c3cc(F)c(C)c(F)c3F)CC2)CC1. The predicted octanol–water partition coefficient (Wildman–Crippen LogP) is 8.85. The third kappa shape index (κ3) is 6.01. The van der Waals surface area contributed by atoms with Crippen molar-refractivity contribution in [1.29, 1.82) is 0 Å². The number of benzene rings is 1. The van der Waals surface area contributed by atoms with E-state index in [4.69, 9.17) is 0 Å². The molecule has 164 valence electrons. The molecule has 1 aromatic rings. The summed E-state index contributed by atoms with van der Waals surface area (Å²) in [4.78, 5) is 0. The molecule has 0 unspecified atom stereocenters. The number of unbranched alkanes of at least 4 members (excludes halogenated alkanes) is 2. The highest BCUT2D eigenvalue weighted by Gasteiger charge is 2.28. The summed E-state index contributed by atoms with van der Waals surface area (Å²) in [5.74, 6) is 0.0826. The fourth-order valence-corrected chi connectivity index (χ4v) is 5.73. The normalized spacial score (nSPS) is 27.9. The molecule has 0 amide bonds. The van der Waals surface area contributed by atoms with Gasteiger partial charge in [-0.2, -0.15) is 0 Å². The van der Waals surface area contributed by atoms with Crippen molar-refractivity contribution in [3.05, 3.63) is 34.6 Å². The molecule has 0 atom stereocenters. The Hall–Kier alpha value is -0.990. The summed E-state index contributed by atoms with van der Waals surface area (Å²) in [6.07, 6.45) is 17.6. The Morgan fingerprint density at radius 3 is 1.79 bits per heavy atom. The minimum atomic E-state index is -1.01. The van der Waals surface area contributed by atoms with Crippen LogP contribution in [0.2, 0.25) is 0 Å². The zero-order chi connectivity index (χ0) is 20.8. The van der Waals surface area contributed by atoms with Gasteiger partial charge in [-0.15, -0.1) is 0 Å². The first kappa shape index (κ1) is 22.7. The molecule has 0 radical (unpaired) electrons. The standard InChI is InChI=1S/C26H39F3/c1-3-4-5-6-19-7-9-20(10-8-19)11-12-21-13-15-22(16-14-21)23-17-24(27)18(2)25(28)26(23)29/h17,19-22H,3-16H2,1-2H3. The van der Waals surface area contributed by atoms with Crippen LogP contribution < -0.4 is 0 Å². The molecular formula is C26H39F3. The molecule has 0 spiro atoms. The Labute approximate surface area is 175 Å². The second-order valence-corrected chi connectivity index (χ2v) is 9.88. The molecule has 0 aromatic heterocycles. The van der Waals surface area contributed by atoms with Gasteiger partial charge >= 0.3 is 0 Å². The number of hydrogen-bond donors (Lipinski definition) is 0. The van der Waals surface area contributed by atoms with Gasteiger partial charge in [-0.3, -0.25) is 0 Å². The highest BCUT2D eigenvalue weighted by Crippen LogP contribution is 2.41. The summed E-state index contributed by atoms with van der Waals surface area (Å²) in [5, 5.41) is 0. The second kappa shape index (κ2) is 10.9. The van der Waals surface area contributed by atoms with Crippen molar-refractivity contribution in [2.75, 3.05) is 0 Å². The van der Waals surface area contributed by atoms with Gasteiger partial charge in [-0.25, -0.2) is 13.2 Å². The van der Waals surface area contributed by atoms with E-state index in [0.29, 0.717) is 5.92 Å². The van der Waals surface area contributed by atoms with Gasteiger partial charge in [0.2, 0.25) is 0 Å². The first-order chi connectivity index (χ1) is 14.0. The molecular weight excluding hydrogens is 369 g/mol. The molecule has 0 saturated heterocycles. The second-order valence-electron chi connectivity index (χ2n) is 9.88. The van der Waals surface area contributed by atoms with Crippen LogP contribution in [0.1, 0.15) is 114 Å². The lowest BCUT2D eigenvalue weighted by atomic mass is 9.73. The van der Waals surface area contributed by atoms with Crippen LogP contribution in [-0.2, 0) is 0 Å². The van der Waals surface area contributed by atoms with Crippen molar-refractivity contribution < 1.29 is 13.2 Å². The maximum absolute atomic E-state index is 14.3. The lowest BCUT2D eigenvalue weighted by Crippen LogP contribution is -2.18. The van der Waals surface area contributed by atoms with Crippen LogP contribution in [0.25, 0.3) is 0 Å². The van der Waals surface area contributed by atoms with E-state index in [1.807, 2.05) is 0 Å². The maximum atomic E-state index is 14.3. The Kier molecular flexibility index (Phi) is 8.50. The van der Waals surface area contributed by atoms with E-state index >= 15 is 0 Å². The molecule has 0 heterocycles. The maximum Gasteiger partial charge on any atom is 0.164 e. The molecule has 2 fully saturated rings. The van der Waals surface area contributed by atoms with E-state index in [1.165, 1.54) is 77.2 Å². The Morgan fingerprint density at radius 1 is 0.724 bits per heavy atom. The van der Waals surface area contributed by atoms with Crippen LogP contribution in [-0.4, -0.2) is 0 Å². The molecule has 2 saturated carbocycles. The van der Waals surface area contributed by atoms with Gasteiger partial charge in [0.1, 0.15) is 5.82 Å². The van der Waals surface area contributed by atoms with E-state index in [9.17, 15) is 13.2 Å². The van der Waals surface area contributed by atoms with Crippen molar-refractivity contribution in [3.63, 3.8) is 0 Å². The van der Waals surface area contributed by atoms with Crippen LogP contribution in [0, 0.1) is 42.1 Å².